The van der Waals surface area contributed by atoms with E-state index in [1.54, 1.807) is 45.9 Å². The van der Waals surface area contributed by atoms with Crippen molar-refractivity contribution in [3.8, 4) is 11.6 Å². The minimum Gasteiger partial charge on any atom is -0.497 e. The molecule has 0 spiro atoms. The predicted octanol–water partition coefficient (Wildman–Crippen LogP) is 4.46. The van der Waals surface area contributed by atoms with Gasteiger partial charge in [-0.15, -0.1) is 0 Å². The molecule has 3 heterocycles. The number of rotatable bonds is 9. The number of allylic oxidation sites excluding steroid dienone is 1. The highest BCUT2D eigenvalue weighted by atomic mass is 32.2. The number of pyridine rings is 1. The molecule has 2 saturated carbocycles. The summed E-state index contributed by atoms with van der Waals surface area (Å²) in [5, 5.41) is 16.2. The zero-order valence-corrected chi connectivity index (χ0v) is 34.9. The third-order valence-electron chi connectivity index (χ3n) is 11.8. The zero-order chi connectivity index (χ0) is 42.4. The van der Waals surface area contributed by atoms with E-state index in [2.05, 4.69) is 27.3 Å². The van der Waals surface area contributed by atoms with Crippen LogP contribution in [0.3, 0.4) is 0 Å². The Labute approximate surface area is 338 Å². The van der Waals surface area contributed by atoms with E-state index in [1.807, 2.05) is 19.1 Å². The molecule has 316 valence electrons. The first-order chi connectivity index (χ1) is 27.2. The van der Waals surface area contributed by atoms with Crippen LogP contribution in [0.25, 0.3) is 10.8 Å². The van der Waals surface area contributed by atoms with Crippen molar-refractivity contribution in [1.82, 2.24) is 25.2 Å². The molecule has 0 radical (unpaired) electrons. The molecule has 3 fully saturated rings. The summed E-state index contributed by atoms with van der Waals surface area (Å²) in [6.45, 7) is 10.6. The number of aromatic nitrogens is 1. The van der Waals surface area contributed by atoms with Crippen molar-refractivity contribution in [3.63, 3.8) is 0 Å². The SMILES string of the molecule is CC[C@@H]1C[C@H](C)CCC=C[C@@H]2C[C@@]2(C(=O)NS(=O)(=O)C2(C)CC2)NC(=O)[C@@H]2C[C@@H](Oc3ncc(C(=O)O)c4cc(OC)ccc34)CN2C(=O)[C@H]1NC(=O)OC(C)(C)C. The number of nitrogens with zero attached hydrogens (tertiary/aromatic N) is 2. The number of benzene rings is 1. The van der Waals surface area contributed by atoms with Crippen LogP contribution < -0.4 is 24.8 Å². The van der Waals surface area contributed by atoms with Gasteiger partial charge in [0, 0.05) is 29.3 Å². The lowest BCUT2D eigenvalue weighted by molar-refractivity contribution is -0.142. The van der Waals surface area contributed by atoms with Gasteiger partial charge in [0.25, 0.3) is 5.91 Å². The summed E-state index contributed by atoms with van der Waals surface area (Å²) in [4.78, 5) is 74.6. The summed E-state index contributed by atoms with van der Waals surface area (Å²) >= 11 is 0. The molecular weight excluding hydrogens is 771 g/mol. The van der Waals surface area contributed by atoms with E-state index < -0.39 is 79.8 Å². The number of carboxylic acids is 1. The first-order valence-corrected chi connectivity index (χ1v) is 21.4. The van der Waals surface area contributed by atoms with E-state index in [0.29, 0.717) is 48.6 Å². The Morgan fingerprint density at radius 1 is 1.12 bits per heavy atom. The van der Waals surface area contributed by atoms with Crippen LogP contribution in [0.5, 0.6) is 11.6 Å². The number of carbonyl (C=O) groups is 5. The maximum atomic E-state index is 15.0. The topological polar surface area (TPSA) is 220 Å². The van der Waals surface area contributed by atoms with Gasteiger partial charge in [-0.3, -0.25) is 19.1 Å². The molecule has 17 heteroatoms. The molecular formula is C41H55N5O11S. The fourth-order valence-corrected chi connectivity index (χ4v) is 9.31. The smallest absolute Gasteiger partial charge is 0.408 e. The van der Waals surface area contributed by atoms with E-state index >= 15 is 0 Å². The van der Waals surface area contributed by atoms with Gasteiger partial charge in [-0.05, 0) is 96.3 Å². The Morgan fingerprint density at radius 3 is 2.48 bits per heavy atom. The van der Waals surface area contributed by atoms with Crippen molar-refractivity contribution < 1.29 is 51.7 Å². The van der Waals surface area contributed by atoms with E-state index in [9.17, 15) is 37.5 Å². The van der Waals surface area contributed by atoms with Crippen LogP contribution in [0.1, 0.15) is 103 Å². The number of amides is 4. The number of hydrogen-bond acceptors (Lipinski definition) is 11. The van der Waals surface area contributed by atoms with Gasteiger partial charge in [0.1, 0.15) is 35.1 Å². The molecule has 1 aromatic carbocycles. The minimum absolute atomic E-state index is 0.0639. The molecule has 0 unspecified atom stereocenters. The molecule has 0 bridgehead atoms. The molecule has 4 amide bonds. The molecule has 16 nitrogen and oxygen atoms in total. The number of carbonyl (C=O) groups excluding carboxylic acids is 4. The Bertz CT molecular complexity index is 2110. The summed E-state index contributed by atoms with van der Waals surface area (Å²) in [6, 6.07) is 2.47. The van der Waals surface area contributed by atoms with E-state index in [-0.39, 0.29) is 42.7 Å². The molecule has 1 saturated heterocycles. The summed E-state index contributed by atoms with van der Waals surface area (Å²) < 4.78 is 44.9. The molecule has 7 atom stereocenters. The molecule has 4 N–H and O–H groups in total. The van der Waals surface area contributed by atoms with Crippen molar-refractivity contribution in [2.45, 2.75) is 127 Å². The quantitative estimate of drug-likeness (QED) is 0.258. The van der Waals surface area contributed by atoms with Crippen LogP contribution in [0.4, 0.5) is 4.79 Å². The standard InChI is InChI=1S/C41H55N5O11S/c1-8-24-17-23(2)11-9-10-12-25-20-41(25,37(51)45-58(53,54)40(6)15-16-40)44-33(47)31-19-27(22-46(31)35(48)32(24)43-38(52)57-39(3,4)5)56-34-28-14-13-26(55-7)18-29(28)30(21-42-34)36(49)50/h10,12-14,18,21,23-25,27,31-32H,8-9,11,15-17,19-20,22H2,1-7H3,(H,43,52)(H,44,47)(H,45,51)(H,49,50)/t23-,24-,25-,27-,31+,32+,41-/m1/s1. The molecule has 4 aliphatic rings. The largest absolute Gasteiger partial charge is 0.497 e. The fourth-order valence-electron chi connectivity index (χ4n) is 7.99. The summed E-state index contributed by atoms with van der Waals surface area (Å²) in [6.07, 6.45) is 6.67. The van der Waals surface area contributed by atoms with Gasteiger partial charge in [-0.25, -0.2) is 23.0 Å². The molecule has 1 aromatic heterocycles. The number of aromatic carboxylic acids is 1. The van der Waals surface area contributed by atoms with Crippen LogP contribution in [0.15, 0.2) is 36.5 Å². The maximum absolute atomic E-state index is 15.0. The van der Waals surface area contributed by atoms with Crippen LogP contribution >= 0.6 is 0 Å². The van der Waals surface area contributed by atoms with Crippen molar-refractivity contribution in [1.29, 1.82) is 0 Å². The highest BCUT2D eigenvalue weighted by Gasteiger charge is 2.63. The average molecular weight is 826 g/mol. The van der Waals surface area contributed by atoms with Crippen LogP contribution in [-0.4, -0.2) is 101 Å². The number of ether oxygens (including phenoxy) is 3. The lowest BCUT2D eigenvalue weighted by Gasteiger charge is -2.34. The lowest BCUT2D eigenvalue weighted by atomic mass is 9.85. The monoisotopic (exact) mass is 825 g/mol. The lowest BCUT2D eigenvalue weighted by Crippen LogP contribution is -2.59. The van der Waals surface area contributed by atoms with Gasteiger partial charge >= 0.3 is 12.1 Å². The van der Waals surface area contributed by atoms with Crippen LogP contribution in [0, 0.1) is 17.8 Å². The third-order valence-corrected chi connectivity index (χ3v) is 14.0. The first kappa shape index (κ1) is 42.7. The van der Waals surface area contributed by atoms with Gasteiger partial charge in [0.2, 0.25) is 27.7 Å². The second-order valence-electron chi connectivity index (χ2n) is 17.5. The zero-order valence-electron chi connectivity index (χ0n) is 34.1. The van der Waals surface area contributed by atoms with Gasteiger partial charge in [-0.2, -0.15) is 0 Å². The van der Waals surface area contributed by atoms with Crippen molar-refractivity contribution in [3.05, 3.63) is 42.1 Å². The van der Waals surface area contributed by atoms with Crippen molar-refractivity contribution in [2.75, 3.05) is 13.7 Å². The normalized spacial score (nSPS) is 28.5. The number of sulfonamides is 1. The van der Waals surface area contributed by atoms with Gasteiger partial charge < -0.3 is 34.9 Å². The second kappa shape index (κ2) is 16.0. The number of carboxylic acid groups (broad SMARTS) is 1. The van der Waals surface area contributed by atoms with Crippen LogP contribution in [0.2, 0.25) is 0 Å². The predicted molar refractivity (Wildman–Crippen MR) is 213 cm³/mol. The maximum Gasteiger partial charge on any atom is 0.408 e. The molecule has 2 aliphatic heterocycles. The minimum atomic E-state index is -4.04. The fraction of sp³-hybridized carbons (Fsp3) is 0.610. The molecule has 2 aromatic rings. The van der Waals surface area contributed by atoms with Gasteiger partial charge in [-0.1, -0.05) is 32.4 Å². The number of nitrogens with one attached hydrogen (secondary N) is 3. The van der Waals surface area contributed by atoms with Crippen LogP contribution in [-0.2, 0) is 29.1 Å². The van der Waals surface area contributed by atoms with Crippen molar-refractivity contribution in [2.24, 2.45) is 17.8 Å². The Balaban J connectivity index is 1.38. The summed E-state index contributed by atoms with van der Waals surface area (Å²) in [5.74, 6) is -3.56. The van der Waals surface area contributed by atoms with Gasteiger partial charge in [0.05, 0.1) is 24.0 Å². The highest BCUT2D eigenvalue weighted by molar-refractivity contribution is 7.91. The van der Waals surface area contributed by atoms with E-state index in [4.69, 9.17) is 14.2 Å². The van der Waals surface area contributed by atoms with E-state index in [0.717, 1.165) is 6.42 Å². The number of fused-ring (bicyclic) bond motifs is 3. The Hall–Kier alpha value is -4.93. The van der Waals surface area contributed by atoms with Gasteiger partial charge in [0.15, 0.2) is 0 Å². The molecule has 2 aliphatic carbocycles. The van der Waals surface area contributed by atoms with Crippen molar-refractivity contribution >= 4 is 50.6 Å². The average Bonchev–Trinajstić information content (AvgIpc) is 4.03. The Morgan fingerprint density at radius 2 is 1.84 bits per heavy atom. The molecule has 58 heavy (non-hydrogen) atoms. The van der Waals surface area contributed by atoms with E-state index in [1.165, 1.54) is 18.2 Å². The molecule has 6 rings (SSSR count). The Kier molecular flexibility index (Phi) is 11.8. The first-order valence-electron chi connectivity index (χ1n) is 19.9. The third kappa shape index (κ3) is 8.88. The summed E-state index contributed by atoms with van der Waals surface area (Å²) in [5.41, 5.74) is -2.53. The highest BCUT2D eigenvalue weighted by Crippen LogP contribution is 2.48. The second-order valence-corrected chi connectivity index (χ2v) is 19.7. The number of alkyl carbamates (subject to hydrolysis) is 1. The summed E-state index contributed by atoms with van der Waals surface area (Å²) in [7, 11) is -2.59. The number of methoxy groups -OCH3 is 1. The number of hydrogen-bond donors (Lipinski definition) is 4.